The largest absolute Gasteiger partial charge is 0.470 e. The van der Waals surface area contributed by atoms with Gasteiger partial charge in [-0.15, -0.1) is 5.11 Å². The lowest BCUT2D eigenvalue weighted by Crippen LogP contribution is -2.17. The fourth-order valence-corrected chi connectivity index (χ4v) is 2.39. The van der Waals surface area contributed by atoms with Gasteiger partial charge in [-0.2, -0.15) is 5.11 Å². The summed E-state index contributed by atoms with van der Waals surface area (Å²) in [5, 5.41) is 8.47. The number of aryl methyl sites for hydroxylation is 1. The van der Waals surface area contributed by atoms with Crippen LogP contribution in [-0.4, -0.2) is 23.2 Å². The Hall–Kier alpha value is -3.22. The van der Waals surface area contributed by atoms with E-state index in [9.17, 15) is 0 Å². The van der Waals surface area contributed by atoms with Crippen molar-refractivity contribution in [3.05, 3.63) is 42.0 Å². The third kappa shape index (κ3) is 2.71. The summed E-state index contributed by atoms with van der Waals surface area (Å²) in [6.07, 6.45) is 0. The van der Waals surface area contributed by atoms with Crippen molar-refractivity contribution in [1.29, 1.82) is 0 Å². The van der Waals surface area contributed by atoms with Crippen LogP contribution in [0.15, 0.2) is 46.6 Å². The van der Waals surface area contributed by atoms with E-state index in [0.29, 0.717) is 53.1 Å². The SMILES string of the molecule is Cc1ccc(N)c(N=Nc2ccc3nc4c(nc3c2)OCCO4)c1. The highest BCUT2D eigenvalue weighted by atomic mass is 16.6. The van der Waals surface area contributed by atoms with Gasteiger partial charge in [-0.25, -0.2) is 9.97 Å². The molecule has 120 valence electrons. The number of ether oxygens (including phenoxy) is 2. The molecular formula is C17H15N5O2. The number of nitrogens with zero attached hydrogens (tertiary/aromatic N) is 4. The normalized spacial score (nSPS) is 13.5. The molecule has 2 N–H and O–H groups in total. The Morgan fingerprint density at radius 1 is 0.917 bits per heavy atom. The summed E-state index contributed by atoms with van der Waals surface area (Å²) in [5.41, 5.74) is 10.3. The van der Waals surface area contributed by atoms with Gasteiger partial charge in [0.15, 0.2) is 0 Å². The van der Waals surface area contributed by atoms with Gasteiger partial charge < -0.3 is 15.2 Å². The Kier molecular flexibility index (Phi) is 3.45. The summed E-state index contributed by atoms with van der Waals surface area (Å²) in [6.45, 7) is 2.94. The van der Waals surface area contributed by atoms with Crippen LogP contribution in [0.5, 0.6) is 11.8 Å². The van der Waals surface area contributed by atoms with Gasteiger partial charge >= 0.3 is 0 Å². The first-order valence-corrected chi connectivity index (χ1v) is 7.54. The van der Waals surface area contributed by atoms with Gasteiger partial charge in [0.25, 0.3) is 11.8 Å². The maximum atomic E-state index is 5.91. The van der Waals surface area contributed by atoms with Crippen molar-refractivity contribution >= 4 is 28.1 Å². The van der Waals surface area contributed by atoms with Gasteiger partial charge in [-0.05, 0) is 42.8 Å². The Balaban J connectivity index is 1.69. The Bertz CT molecular complexity index is 955. The number of nitrogen functional groups attached to an aromatic ring is 1. The smallest absolute Gasteiger partial charge is 0.278 e. The van der Waals surface area contributed by atoms with E-state index < -0.39 is 0 Å². The predicted octanol–water partition coefficient (Wildman–Crippen LogP) is 3.71. The average Bonchev–Trinajstić information content (AvgIpc) is 2.60. The minimum atomic E-state index is 0.408. The van der Waals surface area contributed by atoms with Gasteiger partial charge in [0.2, 0.25) is 0 Å². The minimum absolute atomic E-state index is 0.408. The fraction of sp³-hybridized carbons (Fsp3) is 0.176. The van der Waals surface area contributed by atoms with E-state index in [0.717, 1.165) is 5.56 Å². The summed E-state index contributed by atoms with van der Waals surface area (Å²) in [4.78, 5) is 8.83. The molecule has 24 heavy (non-hydrogen) atoms. The van der Waals surface area contributed by atoms with Gasteiger partial charge in [0, 0.05) is 0 Å². The first-order valence-electron chi connectivity index (χ1n) is 7.54. The molecule has 0 bridgehead atoms. The molecule has 0 saturated carbocycles. The van der Waals surface area contributed by atoms with Crippen LogP contribution in [0.2, 0.25) is 0 Å². The van der Waals surface area contributed by atoms with Crippen molar-refractivity contribution in [1.82, 2.24) is 9.97 Å². The van der Waals surface area contributed by atoms with Crippen LogP contribution < -0.4 is 15.2 Å². The quantitative estimate of drug-likeness (QED) is 0.573. The Morgan fingerprint density at radius 2 is 1.67 bits per heavy atom. The second-order valence-electron chi connectivity index (χ2n) is 5.47. The monoisotopic (exact) mass is 321 g/mol. The van der Waals surface area contributed by atoms with Crippen molar-refractivity contribution < 1.29 is 9.47 Å². The van der Waals surface area contributed by atoms with Gasteiger partial charge in [0.1, 0.15) is 18.9 Å². The van der Waals surface area contributed by atoms with Crippen LogP contribution in [0.3, 0.4) is 0 Å². The third-order valence-corrected chi connectivity index (χ3v) is 3.61. The van der Waals surface area contributed by atoms with Gasteiger partial charge in [-0.1, -0.05) is 6.07 Å². The highest BCUT2D eigenvalue weighted by Gasteiger charge is 2.16. The molecule has 0 fully saturated rings. The van der Waals surface area contributed by atoms with Crippen LogP contribution in [0.1, 0.15) is 5.56 Å². The maximum absolute atomic E-state index is 5.91. The number of aromatic nitrogens is 2. The van der Waals surface area contributed by atoms with E-state index in [-0.39, 0.29) is 0 Å². The second-order valence-corrected chi connectivity index (χ2v) is 5.47. The van der Waals surface area contributed by atoms with Crippen molar-refractivity contribution in [2.24, 2.45) is 10.2 Å². The topological polar surface area (TPSA) is 95.0 Å². The number of nitrogens with two attached hydrogens (primary N) is 1. The van der Waals surface area contributed by atoms with E-state index in [4.69, 9.17) is 15.2 Å². The molecule has 2 heterocycles. The minimum Gasteiger partial charge on any atom is -0.470 e. The van der Waals surface area contributed by atoms with Gasteiger partial charge in [-0.3, -0.25) is 0 Å². The van der Waals surface area contributed by atoms with E-state index in [1.54, 1.807) is 6.07 Å². The number of hydrogen-bond donors (Lipinski definition) is 1. The van der Waals surface area contributed by atoms with Crippen LogP contribution in [0.25, 0.3) is 11.0 Å². The molecule has 0 radical (unpaired) electrons. The second kappa shape index (κ2) is 5.77. The standard InChI is InChI=1S/C17H15N5O2/c1-10-2-4-12(18)14(8-10)22-21-11-3-5-13-15(9-11)20-17-16(19-13)23-6-7-24-17/h2-5,8-9H,6-7,18H2,1H3. The molecular weight excluding hydrogens is 306 g/mol. The third-order valence-electron chi connectivity index (χ3n) is 3.61. The molecule has 0 atom stereocenters. The number of azo groups is 1. The summed E-state index contributed by atoms with van der Waals surface area (Å²) < 4.78 is 10.9. The fourth-order valence-electron chi connectivity index (χ4n) is 2.39. The lowest BCUT2D eigenvalue weighted by atomic mass is 10.2. The number of benzene rings is 2. The van der Waals surface area contributed by atoms with Crippen molar-refractivity contribution in [3.8, 4) is 11.8 Å². The van der Waals surface area contributed by atoms with Crippen LogP contribution in [0, 0.1) is 6.92 Å². The molecule has 4 rings (SSSR count). The molecule has 0 saturated heterocycles. The molecule has 1 aliphatic rings. The molecule has 0 unspecified atom stereocenters. The first-order chi connectivity index (χ1) is 11.7. The molecule has 0 amide bonds. The summed E-state index contributed by atoms with van der Waals surface area (Å²) in [7, 11) is 0. The lowest BCUT2D eigenvalue weighted by molar-refractivity contribution is 0.158. The highest BCUT2D eigenvalue weighted by molar-refractivity contribution is 5.79. The van der Waals surface area contributed by atoms with Crippen LogP contribution >= 0.6 is 0 Å². The zero-order chi connectivity index (χ0) is 16.5. The number of anilines is 1. The predicted molar refractivity (Wildman–Crippen MR) is 90.3 cm³/mol. The molecule has 3 aromatic rings. The van der Waals surface area contributed by atoms with E-state index >= 15 is 0 Å². The van der Waals surface area contributed by atoms with Crippen LogP contribution in [-0.2, 0) is 0 Å². The van der Waals surface area contributed by atoms with Crippen molar-refractivity contribution in [3.63, 3.8) is 0 Å². The zero-order valence-electron chi connectivity index (χ0n) is 13.1. The van der Waals surface area contributed by atoms with Crippen molar-refractivity contribution in [2.75, 3.05) is 18.9 Å². The first kappa shape index (κ1) is 14.4. The summed E-state index contributed by atoms with van der Waals surface area (Å²) in [5.74, 6) is 0.835. The van der Waals surface area contributed by atoms with E-state index in [1.165, 1.54) is 0 Å². The Morgan fingerprint density at radius 3 is 2.46 bits per heavy atom. The highest BCUT2D eigenvalue weighted by Crippen LogP contribution is 2.30. The van der Waals surface area contributed by atoms with Crippen molar-refractivity contribution in [2.45, 2.75) is 6.92 Å². The summed E-state index contributed by atoms with van der Waals surface area (Å²) in [6, 6.07) is 11.1. The number of hydrogen-bond acceptors (Lipinski definition) is 7. The molecule has 1 aliphatic heterocycles. The lowest BCUT2D eigenvalue weighted by Gasteiger charge is -2.16. The molecule has 1 aromatic heterocycles. The molecule has 7 nitrogen and oxygen atoms in total. The van der Waals surface area contributed by atoms with Crippen LogP contribution in [0.4, 0.5) is 17.1 Å². The van der Waals surface area contributed by atoms with E-state index in [2.05, 4.69) is 20.2 Å². The Labute approximate surface area is 138 Å². The number of rotatable bonds is 2. The maximum Gasteiger partial charge on any atom is 0.278 e. The summed E-state index contributed by atoms with van der Waals surface area (Å²) >= 11 is 0. The van der Waals surface area contributed by atoms with E-state index in [1.807, 2.05) is 37.3 Å². The molecule has 0 spiro atoms. The molecule has 0 aliphatic carbocycles. The molecule has 7 heteroatoms. The zero-order valence-corrected chi connectivity index (χ0v) is 13.1. The average molecular weight is 321 g/mol. The van der Waals surface area contributed by atoms with Gasteiger partial charge in [0.05, 0.1) is 22.4 Å². The molecule has 2 aromatic carbocycles. The number of fused-ring (bicyclic) bond motifs is 2.